The Bertz CT molecular complexity index is 995. The van der Waals surface area contributed by atoms with Gasteiger partial charge in [-0.3, -0.25) is 4.90 Å². The third kappa shape index (κ3) is 6.41. The van der Waals surface area contributed by atoms with E-state index < -0.39 is 6.10 Å². The van der Waals surface area contributed by atoms with Crippen LogP contribution in [-0.4, -0.2) is 41.0 Å². The van der Waals surface area contributed by atoms with Crippen LogP contribution in [0.2, 0.25) is 5.02 Å². The number of nitrogens with zero attached hydrogens (tertiary/aromatic N) is 2. The van der Waals surface area contributed by atoms with Gasteiger partial charge in [0.25, 0.3) is 0 Å². The molecule has 0 spiro atoms. The molecule has 0 radical (unpaired) electrons. The smallest absolute Gasteiger partial charge is 0.145 e. The average molecular weight is 435 g/mol. The molecule has 2 unspecified atom stereocenters. The minimum atomic E-state index is -0.475. The van der Waals surface area contributed by atoms with Gasteiger partial charge < -0.3 is 9.94 Å². The Kier molecular flexibility index (Phi) is 7.36. The van der Waals surface area contributed by atoms with Gasteiger partial charge in [-0.1, -0.05) is 89.6 Å². The minimum absolute atomic E-state index is 0.0432. The summed E-state index contributed by atoms with van der Waals surface area (Å²) in [6, 6.07) is 28.1. The summed E-state index contributed by atoms with van der Waals surface area (Å²) in [4.78, 5) is 7.98. The molecule has 31 heavy (non-hydrogen) atoms. The highest BCUT2D eigenvalue weighted by molar-refractivity contribution is 6.30. The number of hydrogen-bond donors (Lipinski definition) is 1. The second-order valence-corrected chi connectivity index (χ2v) is 8.44. The van der Waals surface area contributed by atoms with Crippen LogP contribution >= 0.6 is 11.6 Å². The van der Waals surface area contributed by atoms with Crippen molar-refractivity contribution in [3.63, 3.8) is 0 Å². The molecule has 4 nitrogen and oxygen atoms in total. The van der Waals surface area contributed by atoms with E-state index in [9.17, 15) is 5.11 Å². The molecule has 2 atom stereocenters. The summed E-state index contributed by atoms with van der Waals surface area (Å²) in [7, 11) is 0. The predicted octanol–water partition coefficient (Wildman–Crippen LogP) is 4.94. The molecule has 0 aliphatic carbocycles. The summed E-state index contributed by atoms with van der Waals surface area (Å²) in [6.45, 7) is 1.91. The maximum atomic E-state index is 10.8. The second kappa shape index (κ2) is 10.6. The molecule has 4 rings (SSSR count). The highest BCUT2D eigenvalue weighted by Gasteiger charge is 2.25. The molecular formula is C26H27ClN2O2. The van der Waals surface area contributed by atoms with Crippen molar-refractivity contribution in [3.8, 4) is 0 Å². The minimum Gasteiger partial charge on any atom is -0.391 e. The van der Waals surface area contributed by atoms with Crippen molar-refractivity contribution in [1.82, 2.24) is 4.90 Å². The van der Waals surface area contributed by atoms with Gasteiger partial charge in [0.2, 0.25) is 0 Å². The molecule has 3 aromatic carbocycles. The Morgan fingerprint density at radius 1 is 0.968 bits per heavy atom. The van der Waals surface area contributed by atoms with E-state index in [1.807, 2.05) is 66.7 Å². The molecule has 0 saturated carbocycles. The second-order valence-electron chi connectivity index (χ2n) is 8.00. The molecule has 1 N–H and O–H groups in total. The Morgan fingerprint density at radius 2 is 1.68 bits per heavy atom. The van der Waals surface area contributed by atoms with E-state index in [2.05, 4.69) is 28.3 Å². The number of rotatable bonds is 9. The average Bonchev–Trinajstić information content (AvgIpc) is 3.23. The van der Waals surface area contributed by atoms with Gasteiger partial charge in [-0.15, -0.1) is 0 Å². The van der Waals surface area contributed by atoms with Gasteiger partial charge in [0.15, 0.2) is 0 Å². The van der Waals surface area contributed by atoms with Crippen LogP contribution in [0, 0.1) is 0 Å². The molecule has 0 fully saturated rings. The van der Waals surface area contributed by atoms with Crippen molar-refractivity contribution in [2.45, 2.75) is 31.6 Å². The molecule has 1 heterocycles. The van der Waals surface area contributed by atoms with Crippen molar-refractivity contribution >= 4 is 17.3 Å². The van der Waals surface area contributed by atoms with E-state index in [1.54, 1.807) is 0 Å². The van der Waals surface area contributed by atoms with Crippen molar-refractivity contribution in [1.29, 1.82) is 0 Å². The Morgan fingerprint density at radius 3 is 2.42 bits per heavy atom. The zero-order chi connectivity index (χ0) is 21.5. The van der Waals surface area contributed by atoms with Gasteiger partial charge in [0.1, 0.15) is 6.10 Å². The highest BCUT2D eigenvalue weighted by Crippen LogP contribution is 2.20. The number of oxime groups is 1. The maximum Gasteiger partial charge on any atom is 0.145 e. The summed E-state index contributed by atoms with van der Waals surface area (Å²) >= 11 is 6.19. The lowest BCUT2D eigenvalue weighted by Crippen LogP contribution is -2.38. The van der Waals surface area contributed by atoms with E-state index in [0.717, 1.165) is 28.8 Å². The lowest BCUT2D eigenvalue weighted by molar-refractivity contribution is 0.0322. The molecule has 0 amide bonds. The van der Waals surface area contributed by atoms with Crippen LogP contribution in [0.15, 0.2) is 90.1 Å². The summed E-state index contributed by atoms with van der Waals surface area (Å²) in [5.74, 6) is 0. The first-order chi connectivity index (χ1) is 15.2. The number of aliphatic hydroxyl groups excluding tert-OH is 1. The molecule has 1 aliphatic heterocycles. The lowest BCUT2D eigenvalue weighted by atomic mass is 10.0. The van der Waals surface area contributed by atoms with E-state index in [1.165, 1.54) is 0 Å². The van der Waals surface area contributed by atoms with Gasteiger partial charge in [-0.2, -0.15) is 0 Å². The normalized spacial score (nSPS) is 16.7. The summed E-state index contributed by atoms with van der Waals surface area (Å²) in [6.07, 6.45) is 0.852. The van der Waals surface area contributed by atoms with Crippen LogP contribution in [0.25, 0.3) is 0 Å². The van der Waals surface area contributed by atoms with Gasteiger partial charge in [-0.25, -0.2) is 0 Å². The van der Waals surface area contributed by atoms with E-state index in [0.29, 0.717) is 31.1 Å². The number of aliphatic hydroxyl groups is 1. The monoisotopic (exact) mass is 434 g/mol. The fraction of sp³-hybridized carbons (Fsp3) is 0.269. The van der Waals surface area contributed by atoms with Crippen LogP contribution in [0.5, 0.6) is 0 Å². The van der Waals surface area contributed by atoms with Crippen molar-refractivity contribution < 1.29 is 9.94 Å². The van der Waals surface area contributed by atoms with Crippen LogP contribution in [0.4, 0.5) is 0 Å². The third-order valence-electron chi connectivity index (χ3n) is 5.38. The Hall–Kier alpha value is -2.66. The van der Waals surface area contributed by atoms with Crippen molar-refractivity contribution in [3.05, 3.63) is 107 Å². The standard InChI is InChI=1S/C26H27ClN2O2/c27-23-13-7-10-21(14-23)17-29(18-24(30)15-20-8-3-1-4-9-20)19-25-16-26(28-31-25)22-11-5-2-6-12-22/h1-14,24-25,30H,15-19H2. The topological polar surface area (TPSA) is 45.1 Å². The molecular weight excluding hydrogens is 408 g/mol. The van der Waals surface area contributed by atoms with Crippen molar-refractivity contribution in [2.24, 2.45) is 5.16 Å². The molecule has 160 valence electrons. The lowest BCUT2D eigenvalue weighted by Gasteiger charge is -2.27. The van der Waals surface area contributed by atoms with Crippen LogP contribution in [0.3, 0.4) is 0 Å². The quantitative estimate of drug-likeness (QED) is 0.519. The third-order valence-corrected chi connectivity index (χ3v) is 5.62. The van der Waals surface area contributed by atoms with Crippen molar-refractivity contribution in [2.75, 3.05) is 13.1 Å². The van der Waals surface area contributed by atoms with Gasteiger partial charge in [-0.05, 0) is 35.2 Å². The SMILES string of the molecule is OC(Cc1ccccc1)CN(Cc1cccc(Cl)c1)CC1CC(c2ccccc2)=NO1. The van der Waals surface area contributed by atoms with Crippen LogP contribution in [-0.2, 0) is 17.8 Å². The highest BCUT2D eigenvalue weighted by atomic mass is 35.5. The van der Waals surface area contributed by atoms with Gasteiger partial charge in [0, 0.05) is 31.1 Å². The summed E-state index contributed by atoms with van der Waals surface area (Å²) < 4.78 is 0. The molecule has 1 aliphatic rings. The predicted molar refractivity (Wildman–Crippen MR) is 125 cm³/mol. The maximum absolute atomic E-state index is 10.8. The van der Waals surface area contributed by atoms with E-state index in [4.69, 9.17) is 16.4 Å². The molecule has 5 heteroatoms. The van der Waals surface area contributed by atoms with Crippen LogP contribution in [0.1, 0.15) is 23.1 Å². The fourth-order valence-corrected chi connectivity index (χ4v) is 4.17. The first-order valence-corrected chi connectivity index (χ1v) is 11.0. The Labute approximate surface area is 188 Å². The zero-order valence-corrected chi connectivity index (χ0v) is 18.2. The number of benzene rings is 3. The Balaban J connectivity index is 1.41. The molecule has 3 aromatic rings. The largest absolute Gasteiger partial charge is 0.391 e. The number of halogens is 1. The molecule has 0 saturated heterocycles. The van der Waals surface area contributed by atoms with Crippen LogP contribution < -0.4 is 0 Å². The fourth-order valence-electron chi connectivity index (χ4n) is 3.96. The number of hydrogen-bond acceptors (Lipinski definition) is 4. The summed E-state index contributed by atoms with van der Waals surface area (Å²) in [5, 5.41) is 15.8. The van der Waals surface area contributed by atoms with E-state index >= 15 is 0 Å². The first-order valence-electron chi connectivity index (χ1n) is 10.6. The van der Waals surface area contributed by atoms with Gasteiger partial charge in [0.05, 0.1) is 11.8 Å². The van der Waals surface area contributed by atoms with Gasteiger partial charge >= 0.3 is 0 Å². The zero-order valence-electron chi connectivity index (χ0n) is 17.4. The molecule has 0 aromatic heterocycles. The molecule has 0 bridgehead atoms. The first kappa shape index (κ1) is 21.6. The van der Waals surface area contributed by atoms with E-state index in [-0.39, 0.29) is 6.10 Å². The summed E-state index contributed by atoms with van der Waals surface area (Å²) in [5.41, 5.74) is 4.31.